The quantitative estimate of drug-likeness (QED) is 0.0600. The van der Waals surface area contributed by atoms with Gasteiger partial charge in [0.2, 0.25) is 29.5 Å². The van der Waals surface area contributed by atoms with E-state index < -0.39 is 59.9 Å². The molecule has 2 heterocycles. The molecule has 0 spiro atoms. The SMILES string of the molecule is CCC(NC(=O)CCCNC)C(=O)N1CCCC1C(=O)NC(C(=O)NC(CCC[N+](C)(C)C)C(=O)N1CCCC1C=O)C(O)Cc1ccc(O)cc1. The Bertz CT molecular complexity index is 1370. The van der Waals surface area contributed by atoms with Crippen LogP contribution in [-0.2, 0) is 35.2 Å². The van der Waals surface area contributed by atoms with Crippen LogP contribution in [0.5, 0.6) is 5.75 Å². The molecule has 6 atom stereocenters. The molecule has 2 fully saturated rings. The molecular weight excluding hydrogens is 670 g/mol. The topological polar surface area (TPSA) is 197 Å². The molecule has 52 heavy (non-hydrogen) atoms. The number of nitrogens with one attached hydrogen (secondary N) is 4. The number of aldehydes is 1. The van der Waals surface area contributed by atoms with Gasteiger partial charge in [0.1, 0.15) is 36.2 Å². The van der Waals surface area contributed by atoms with E-state index in [1.165, 1.54) is 21.9 Å². The highest BCUT2D eigenvalue weighted by Gasteiger charge is 2.41. The maximum absolute atomic E-state index is 14.1. The van der Waals surface area contributed by atoms with E-state index in [2.05, 4.69) is 21.3 Å². The number of likely N-dealkylation sites (tertiary alicyclic amines) is 2. The number of aliphatic hydroxyl groups excluding tert-OH is 1. The first-order chi connectivity index (χ1) is 24.7. The van der Waals surface area contributed by atoms with E-state index in [1.807, 2.05) is 21.1 Å². The van der Waals surface area contributed by atoms with Gasteiger partial charge >= 0.3 is 0 Å². The first kappa shape index (κ1) is 42.3. The van der Waals surface area contributed by atoms with Crippen LogP contribution in [-0.4, -0.2) is 151 Å². The normalized spacial score (nSPS) is 19.7. The number of hydrogen-bond acceptors (Lipinski definition) is 9. The number of benzene rings is 1. The molecular formula is C37H60N7O8+. The van der Waals surface area contributed by atoms with Crippen molar-refractivity contribution >= 4 is 35.8 Å². The Hall–Kier alpha value is -4.08. The molecule has 1 aromatic rings. The van der Waals surface area contributed by atoms with E-state index in [4.69, 9.17) is 0 Å². The predicted molar refractivity (Wildman–Crippen MR) is 195 cm³/mol. The molecule has 2 aliphatic heterocycles. The second kappa shape index (κ2) is 20.2. The minimum atomic E-state index is -1.51. The van der Waals surface area contributed by atoms with Crippen LogP contribution in [0.4, 0.5) is 0 Å². The lowest BCUT2D eigenvalue weighted by molar-refractivity contribution is -0.870. The number of carbonyl (C=O) groups is 6. The van der Waals surface area contributed by atoms with Crippen LogP contribution in [0, 0.1) is 0 Å². The number of quaternary nitrogens is 1. The zero-order valence-corrected chi connectivity index (χ0v) is 31.4. The number of aromatic hydroxyl groups is 1. The Kier molecular flexibility index (Phi) is 16.5. The van der Waals surface area contributed by atoms with Crippen LogP contribution >= 0.6 is 0 Å². The Morgan fingerprint density at radius 3 is 2.21 bits per heavy atom. The van der Waals surface area contributed by atoms with Crippen molar-refractivity contribution in [2.45, 2.75) is 107 Å². The van der Waals surface area contributed by atoms with E-state index in [0.29, 0.717) is 74.6 Å². The van der Waals surface area contributed by atoms with Gasteiger partial charge in [-0.1, -0.05) is 19.1 Å². The molecule has 0 radical (unpaired) electrons. The first-order valence-electron chi connectivity index (χ1n) is 18.6. The minimum absolute atomic E-state index is 0.0251. The number of phenolic OH excluding ortho intramolecular Hbond substituents is 1. The highest BCUT2D eigenvalue weighted by molar-refractivity contribution is 5.96. The third kappa shape index (κ3) is 12.6. The third-order valence-electron chi connectivity index (χ3n) is 9.73. The maximum Gasteiger partial charge on any atom is 0.245 e. The van der Waals surface area contributed by atoms with Gasteiger partial charge in [-0.3, -0.25) is 24.0 Å². The molecule has 6 N–H and O–H groups in total. The molecule has 3 rings (SSSR count). The number of aliphatic hydroxyl groups is 1. The van der Waals surface area contributed by atoms with Gasteiger partial charge in [0.05, 0.1) is 39.8 Å². The first-order valence-corrected chi connectivity index (χ1v) is 18.6. The highest BCUT2D eigenvalue weighted by atomic mass is 16.3. The molecule has 0 aliphatic carbocycles. The highest BCUT2D eigenvalue weighted by Crippen LogP contribution is 2.22. The van der Waals surface area contributed by atoms with Gasteiger partial charge in [-0.25, -0.2) is 0 Å². The lowest BCUT2D eigenvalue weighted by atomic mass is 9.99. The van der Waals surface area contributed by atoms with Crippen molar-refractivity contribution in [1.29, 1.82) is 0 Å². The zero-order valence-electron chi connectivity index (χ0n) is 31.4. The molecule has 290 valence electrons. The van der Waals surface area contributed by atoms with Crippen molar-refractivity contribution in [1.82, 2.24) is 31.1 Å². The van der Waals surface area contributed by atoms with Gasteiger partial charge in [-0.15, -0.1) is 0 Å². The van der Waals surface area contributed by atoms with Crippen molar-refractivity contribution in [2.75, 3.05) is 54.4 Å². The van der Waals surface area contributed by atoms with E-state index in [9.17, 15) is 39.0 Å². The standard InChI is InChI=1S/C37H59N7O8/c1-6-28(39-32(48)14-7-19-38-2)36(51)43-21-9-13-30(43)34(49)41-33(31(47)23-25-15-17-27(46)18-16-25)35(50)40-29(12-10-22-44(3,4)5)37(52)42-20-8-11-26(42)24-45/h15-18,24,26,28-31,33,38,47H,6-14,19-23H2,1-5H3,(H3-,39,40,41,46,48,49,50)/p+1. The van der Waals surface area contributed by atoms with Crippen LogP contribution in [0.25, 0.3) is 0 Å². The summed E-state index contributed by atoms with van der Waals surface area (Å²) in [4.78, 5) is 82.7. The monoisotopic (exact) mass is 730 g/mol. The van der Waals surface area contributed by atoms with Crippen molar-refractivity contribution < 1.29 is 43.5 Å². The summed E-state index contributed by atoms with van der Waals surface area (Å²) >= 11 is 0. The lowest BCUT2D eigenvalue weighted by Crippen LogP contribution is -2.61. The molecule has 15 heteroatoms. The third-order valence-corrected chi connectivity index (χ3v) is 9.73. The van der Waals surface area contributed by atoms with Crippen molar-refractivity contribution in [3.8, 4) is 5.75 Å². The van der Waals surface area contributed by atoms with Gasteiger partial charge in [0.25, 0.3) is 0 Å². The number of carbonyl (C=O) groups excluding carboxylic acids is 6. The van der Waals surface area contributed by atoms with Crippen LogP contribution in [0.1, 0.15) is 70.3 Å². The summed E-state index contributed by atoms with van der Waals surface area (Å²) in [6, 6.07) is 1.20. The van der Waals surface area contributed by atoms with Crippen LogP contribution < -0.4 is 21.3 Å². The summed E-state index contributed by atoms with van der Waals surface area (Å²) in [5, 5.41) is 32.5. The Balaban J connectivity index is 1.84. The second-order valence-corrected chi connectivity index (χ2v) is 14.9. The average Bonchev–Trinajstić information content (AvgIpc) is 3.79. The fourth-order valence-electron chi connectivity index (χ4n) is 6.81. The maximum atomic E-state index is 14.1. The predicted octanol–water partition coefficient (Wildman–Crippen LogP) is -0.173. The molecule has 0 bridgehead atoms. The molecule has 2 aliphatic rings. The summed E-state index contributed by atoms with van der Waals surface area (Å²) in [5.74, 6) is -2.44. The fraction of sp³-hybridized carbons (Fsp3) is 0.676. The largest absolute Gasteiger partial charge is 0.508 e. The van der Waals surface area contributed by atoms with E-state index in [0.717, 1.165) is 6.29 Å². The second-order valence-electron chi connectivity index (χ2n) is 14.9. The molecule has 6 unspecified atom stereocenters. The van der Waals surface area contributed by atoms with Gasteiger partial charge in [-0.2, -0.15) is 0 Å². The molecule has 5 amide bonds. The van der Waals surface area contributed by atoms with Gasteiger partial charge in [0, 0.05) is 25.9 Å². The fourth-order valence-corrected chi connectivity index (χ4v) is 6.81. The van der Waals surface area contributed by atoms with Crippen molar-refractivity contribution in [3.63, 3.8) is 0 Å². The Morgan fingerprint density at radius 2 is 1.58 bits per heavy atom. The average molecular weight is 731 g/mol. The van der Waals surface area contributed by atoms with Gasteiger partial charge in [-0.05, 0) is 82.7 Å². The molecule has 0 aromatic heterocycles. The lowest BCUT2D eigenvalue weighted by Gasteiger charge is -2.32. The minimum Gasteiger partial charge on any atom is -0.508 e. The Labute approximate surface area is 307 Å². The van der Waals surface area contributed by atoms with Crippen LogP contribution in [0.2, 0.25) is 0 Å². The van der Waals surface area contributed by atoms with Crippen molar-refractivity contribution in [2.24, 2.45) is 0 Å². The number of hydrogen-bond donors (Lipinski definition) is 6. The number of nitrogens with zero attached hydrogens (tertiary/aromatic N) is 3. The zero-order chi connectivity index (χ0) is 38.4. The molecule has 15 nitrogen and oxygen atoms in total. The van der Waals surface area contributed by atoms with E-state index in [-0.39, 0.29) is 37.5 Å². The molecule has 1 aromatic carbocycles. The Morgan fingerprint density at radius 1 is 0.923 bits per heavy atom. The van der Waals surface area contributed by atoms with Gasteiger partial charge in [0.15, 0.2) is 0 Å². The number of amides is 5. The summed E-state index contributed by atoms with van der Waals surface area (Å²) < 4.78 is 0.634. The molecule has 0 saturated carbocycles. The summed E-state index contributed by atoms with van der Waals surface area (Å²) in [6.07, 6.45) is 3.31. The van der Waals surface area contributed by atoms with E-state index >= 15 is 0 Å². The number of rotatable bonds is 20. The van der Waals surface area contributed by atoms with Crippen LogP contribution in [0.3, 0.4) is 0 Å². The van der Waals surface area contributed by atoms with Crippen LogP contribution in [0.15, 0.2) is 24.3 Å². The molecule has 2 saturated heterocycles. The smallest absolute Gasteiger partial charge is 0.245 e. The summed E-state index contributed by atoms with van der Waals surface area (Å²) in [7, 11) is 7.84. The summed E-state index contributed by atoms with van der Waals surface area (Å²) in [5.41, 5.74) is 0.590. The summed E-state index contributed by atoms with van der Waals surface area (Å²) in [6.45, 7) is 3.81. The van der Waals surface area contributed by atoms with Gasteiger partial charge < -0.3 is 50.6 Å². The van der Waals surface area contributed by atoms with E-state index in [1.54, 1.807) is 26.1 Å². The number of phenols is 1. The van der Waals surface area contributed by atoms with Crippen molar-refractivity contribution in [3.05, 3.63) is 29.8 Å².